The highest BCUT2D eigenvalue weighted by Gasteiger charge is 2.23. The first-order valence-electron chi connectivity index (χ1n) is 8.95. The highest BCUT2D eigenvalue weighted by molar-refractivity contribution is 6.50. The minimum Gasteiger partial charge on any atom is -0.418 e. The molecule has 0 aromatic heterocycles. The summed E-state index contributed by atoms with van der Waals surface area (Å²) in [5.41, 5.74) is 8.07. The maximum Gasteiger partial charge on any atom is 0.673 e. The molecule has 0 unspecified atom stereocenters. The Hall–Kier alpha value is -2.31. The van der Waals surface area contributed by atoms with E-state index in [4.69, 9.17) is 0 Å². The van der Waals surface area contributed by atoms with Crippen LogP contribution >= 0.6 is 0 Å². The van der Waals surface area contributed by atoms with Crippen LogP contribution in [0.5, 0.6) is 0 Å². The molecule has 0 N–H and O–H groups in total. The number of nitrogens with zero attached hydrogens (tertiary/aromatic N) is 2. The minimum atomic E-state index is -6.00. The first-order chi connectivity index (χ1) is 12.6. The van der Waals surface area contributed by atoms with Gasteiger partial charge in [0.2, 0.25) is 6.34 Å². The molecule has 0 bridgehead atoms. The summed E-state index contributed by atoms with van der Waals surface area (Å²) in [6, 6.07) is 13.2. The molecule has 0 amide bonds. The molecule has 0 aliphatic carbocycles. The first-order valence-corrected chi connectivity index (χ1v) is 8.95. The number of para-hydroxylation sites is 1. The van der Waals surface area contributed by atoms with E-state index in [-0.39, 0.29) is 0 Å². The molecular formula is C20H25BF4N2. The van der Waals surface area contributed by atoms with Gasteiger partial charge in [0, 0.05) is 6.42 Å². The molecule has 1 aliphatic heterocycles. The zero-order valence-electron chi connectivity index (χ0n) is 16.1. The quantitative estimate of drug-likeness (QED) is 0.362. The zero-order chi connectivity index (χ0) is 20.2. The van der Waals surface area contributed by atoms with Crippen LogP contribution in [0.2, 0.25) is 0 Å². The van der Waals surface area contributed by atoms with E-state index < -0.39 is 7.25 Å². The molecule has 27 heavy (non-hydrogen) atoms. The fourth-order valence-corrected chi connectivity index (χ4v) is 3.56. The summed E-state index contributed by atoms with van der Waals surface area (Å²) in [6.07, 6.45) is 3.47. The lowest BCUT2D eigenvalue weighted by Crippen LogP contribution is -2.35. The molecular weight excluding hydrogens is 355 g/mol. The van der Waals surface area contributed by atoms with Crippen molar-refractivity contribution in [1.82, 2.24) is 0 Å². The van der Waals surface area contributed by atoms with Gasteiger partial charge < -0.3 is 17.3 Å². The Kier molecular flexibility index (Phi) is 6.68. The third-order valence-corrected chi connectivity index (χ3v) is 4.42. The van der Waals surface area contributed by atoms with Crippen molar-refractivity contribution in [1.29, 1.82) is 0 Å². The lowest BCUT2D eigenvalue weighted by Gasteiger charge is -2.23. The second-order valence-corrected chi connectivity index (χ2v) is 6.88. The van der Waals surface area contributed by atoms with E-state index in [0.717, 1.165) is 13.1 Å². The number of aryl methyl sites for hydroxylation is 4. The van der Waals surface area contributed by atoms with Crippen LogP contribution in [0.3, 0.4) is 0 Å². The molecule has 146 valence electrons. The second-order valence-electron chi connectivity index (χ2n) is 6.88. The van der Waals surface area contributed by atoms with Crippen LogP contribution in [0.15, 0.2) is 36.4 Å². The van der Waals surface area contributed by atoms with Gasteiger partial charge in [-0.3, -0.25) is 0 Å². The predicted octanol–water partition coefficient (Wildman–Crippen LogP) is 5.80. The average molecular weight is 380 g/mol. The molecule has 2 aromatic carbocycles. The van der Waals surface area contributed by atoms with Gasteiger partial charge in [0.05, 0.1) is 13.1 Å². The van der Waals surface area contributed by atoms with Gasteiger partial charge in [0.1, 0.15) is 11.4 Å². The maximum atomic E-state index is 9.75. The number of benzene rings is 2. The van der Waals surface area contributed by atoms with Crippen LogP contribution in [0.1, 0.15) is 28.7 Å². The molecule has 0 saturated carbocycles. The van der Waals surface area contributed by atoms with Gasteiger partial charge in [0.15, 0.2) is 0 Å². The number of halogens is 4. The number of anilines is 1. The van der Waals surface area contributed by atoms with Crippen molar-refractivity contribution in [3.05, 3.63) is 58.7 Å². The summed E-state index contributed by atoms with van der Waals surface area (Å²) in [7, 11) is -6.00. The average Bonchev–Trinajstić information content (AvgIpc) is 2.53. The van der Waals surface area contributed by atoms with Crippen molar-refractivity contribution >= 4 is 25.0 Å². The lowest BCUT2D eigenvalue weighted by atomic mass is 10.0. The monoisotopic (exact) mass is 380 g/mol. The molecule has 1 aliphatic rings. The van der Waals surface area contributed by atoms with Crippen molar-refractivity contribution < 1.29 is 21.8 Å². The van der Waals surface area contributed by atoms with Gasteiger partial charge in [-0.05, 0) is 50.5 Å². The Morgan fingerprint density at radius 1 is 0.889 bits per heavy atom. The fourth-order valence-electron chi connectivity index (χ4n) is 3.56. The summed E-state index contributed by atoms with van der Waals surface area (Å²) >= 11 is 0. The van der Waals surface area contributed by atoms with Crippen LogP contribution in [-0.4, -0.2) is 31.3 Å². The third-order valence-electron chi connectivity index (χ3n) is 4.42. The molecule has 0 atom stereocenters. The standard InChI is InChI=1S/C20H25N2.BF4/c1-15-12-17(3)20(18(4)13-15)22-11-7-10-21(14-22)19-9-6-5-8-16(19)2;2-1(3,4)5/h5-6,8-9,12-14H,7,10-11H2,1-4H3;/q+1;-1. The SMILES string of the molecule is Cc1cc(C)c([N+]2=CN(c3ccccc3C)CCC2)c(C)c1.F[B-](F)(F)F. The molecule has 7 heteroatoms. The van der Waals surface area contributed by atoms with E-state index in [9.17, 15) is 17.3 Å². The van der Waals surface area contributed by atoms with Gasteiger partial charge >= 0.3 is 7.25 Å². The summed E-state index contributed by atoms with van der Waals surface area (Å²) in [6.45, 7) is 11.0. The van der Waals surface area contributed by atoms with Crippen LogP contribution < -0.4 is 4.90 Å². The lowest BCUT2D eigenvalue weighted by molar-refractivity contribution is -0.441. The third kappa shape index (κ3) is 6.12. The van der Waals surface area contributed by atoms with E-state index >= 15 is 0 Å². The van der Waals surface area contributed by atoms with Crippen LogP contribution in [0.4, 0.5) is 28.6 Å². The largest absolute Gasteiger partial charge is 0.673 e. The van der Waals surface area contributed by atoms with Gasteiger partial charge in [-0.1, -0.05) is 35.9 Å². The van der Waals surface area contributed by atoms with Crippen molar-refractivity contribution in [2.24, 2.45) is 0 Å². The molecule has 3 rings (SSSR count). The Morgan fingerprint density at radius 3 is 2.00 bits per heavy atom. The van der Waals surface area contributed by atoms with Gasteiger partial charge in [0.25, 0.3) is 0 Å². The molecule has 0 saturated heterocycles. The molecule has 0 radical (unpaired) electrons. The zero-order valence-corrected chi connectivity index (χ0v) is 16.1. The Labute approximate surface area is 158 Å². The minimum absolute atomic E-state index is 1.09. The highest BCUT2D eigenvalue weighted by Crippen LogP contribution is 2.27. The smallest absolute Gasteiger partial charge is 0.418 e. The Bertz CT molecular complexity index is 802. The number of hydrogen-bond donors (Lipinski definition) is 0. The molecule has 0 fully saturated rings. The van der Waals surface area contributed by atoms with Gasteiger partial charge in [-0.2, -0.15) is 0 Å². The summed E-state index contributed by atoms with van der Waals surface area (Å²) in [5, 5.41) is 0. The summed E-state index contributed by atoms with van der Waals surface area (Å²) in [5.74, 6) is 0. The second kappa shape index (κ2) is 8.59. The molecule has 1 heterocycles. The molecule has 0 spiro atoms. The predicted molar refractivity (Wildman–Crippen MR) is 105 cm³/mol. The molecule has 2 aromatic rings. The van der Waals surface area contributed by atoms with Crippen LogP contribution in [0, 0.1) is 27.7 Å². The summed E-state index contributed by atoms with van der Waals surface area (Å²) < 4.78 is 41.4. The molecule has 2 nitrogen and oxygen atoms in total. The number of rotatable bonds is 2. The summed E-state index contributed by atoms with van der Waals surface area (Å²) in [4.78, 5) is 2.39. The normalized spacial score (nSPS) is 14.4. The van der Waals surface area contributed by atoms with E-state index in [0.29, 0.717) is 0 Å². The van der Waals surface area contributed by atoms with Crippen LogP contribution in [-0.2, 0) is 0 Å². The topological polar surface area (TPSA) is 6.25 Å². The van der Waals surface area contributed by atoms with E-state index in [2.05, 4.69) is 79.9 Å². The van der Waals surface area contributed by atoms with Gasteiger partial charge in [-0.15, -0.1) is 0 Å². The highest BCUT2D eigenvalue weighted by atomic mass is 19.5. The first kappa shape index (κ1) is 21.0. The Morgan fingerprint density at radius 2 is 1.44 bits per heavy atom. The fraction of sp³-hybridized carbons (Fsp3) is 0.350. The number of hydrogen-bond acceptors (Lipinski definition) is 1. The van der Waals surface area contributed by atoms with E-state index in [1.54, 1.807) is 0 Å². The maximum absolute atomic E-state index is 9.75. The van der Waals surface area contributed by atoms with E-state index in [1.165, 1.54) is 40.0 Å². The van der Waals surface area contributed by atoms with Crippen LogP contribution in [0.25, 0.3) is 0 Å². The van der Waals surface area contributed by atoms with Crippen molar-refractivity contribution in [3.8, 4) is 0 Å². The van der Waals surface area contributed by atoms with Crippen molar-refractivity contribution in [2.75, 3.05) is 18.0 Å². The van der Waals surface area contributed by atoms with Crippen molar-refractivity contribution in [3.63, 3.8) is 0 Å². The Balaban J connectivity index is 0.000000465. The van der Waals surface area contributed by atoms with Crippen molar-refractivity contribution in [2.45, 2.75) is 34.1 Å². The van der Waals surface area contributed by atoms with Gasteiger partial charge in [-0.25, -0.2) is 9.48 Å². The van der Waals surface area contributed by atoms with E-state index in [1.807, 2.05) is 0 Å².